The van der Waals surface area contributed by atoms with Crippen LogP contribution in [0.1, 0.15) is 11.3 Å². The molecule has 0 unspecified atom stereocenters. The number of pyridine rings is 1. The van der Waals surface area contributed by atoms with Gasteiger partial charge < -0.3 is 14.8 Å². The van der Waals surface area contributed by atoms with E-state index in [0.29, 0.717) is 6.20 Å². The Hall–Kier alpha value is -1.99. The molecule has 0 saturated heterocycles. The number of hydrogen-bond donors (Lipinski definition) is 2. The van der Waals surface area contributed by atoms with Gasteiger partial charge in [0.1, 0.15) is 0 Å². The van der Waals surface area contributed by atoms with Crippen molar-refractivity contribution in [1.82, 2.24) is 4.98 Å². The van der Waals surface area contributed by atoms with Crippen LogP contribution in [0.15, 0.2) is 11.0 Å². The third-order valence-electron chi connectivity index (χ3n) is 1.95. The molecule has 2 N–H and O–H groups in total. The Balaban J connectivity index is 3.11. The smallest absolute Gasteiger partial charge is 0.481 e. The maximum atomic E-state index is 11.9. The van der Waals surface area contributed by atoms with Crippen molar-refractivity contribution >= 4 is 5.97 Å². The maximum absolute atomic E-state index is 11.9. The standard InChI is InChI=1S/C9H8F3NO4/c1-4-5(2-7(14)15)13-3-6(8(4)16)17-9(10,11)12/h3H,2H2,1H3,(H,13,16)(H,14,15). The number of carbonyl (C=O) groups is 1. The molecule has 94 valence electrons. The predicted molar refractivity (Wildman–Crippen MR) is 49.8 cm³/mol. The number of halogens is 3. The zero-order chi connectivity index (χ0) is 13.2. The van der Waals surface area contributed by atoms with Crippen LogP contribution in [0, 0.1) is 6.92 Å². The second kappa shape index (κ2) is 4.48. The van der Waals surface area contributed by atoms with Crippen LogP contribution in [0.5, 0.6) is 5.75 Å². The number of aromatic amines is 1. The first kappa shape index (κ1) is 13.1. The molecule has 0 saturated carbocycles. The van der Waals surface area contributed by atoms with Crippen molar-refractivity contribution in [2.24, 2.45) is 0 Å². The van der Waals surface area contributed by atoms with Gasteiger partial charge in [-0.25, -0.2) is 0 Å². The summed E-state index contributed by atoms with van der Waals surface area (Å²) >= 11 is 0. The average molecular weight is 251 g/mol. The Morgan fingerprint density at radius 3 is 2.59 bits per heavy atom. The van der Waals surface area contributed by atoms with Crippen LogP contribution in [0.4, 0.5) is 13.2 Å². The molecule has 0 aliphatic rings. The molecule has 1 aromatic rings. The maximum Gasteiger partial charge on any atom is 0.573 e. The first-order valence-corrected chi connectivity index (χ1v) is 4.39. The summed E-state index contributed by atoms with van der Waals surface area (Å²) < 4.78 is 39.2. The molecule has 0 aliphatic carbocycles. The van der Waals surface area contributed by atoms with Gasteiger partial charge in [-0.2, -0.15) is 0 Å². The lowest BCUT2D eigenvalue weighted by atomic mass is 10.1. The van der Waals surface area contributed by atoms with E-state index in [0.717, 1.165) is 0 Å². The summed E-state index contributed by atoms with van der Waals surface area (Å²) in [6.45, 7) is 1.22. The SMILES string of the molecule is Cc1c(CC(=O)O)[nH]cc(OC(F)(F)F)c1=O. The van der Waals surface area contributed by atoms with Crippen LogP contribution in [-0.2, 0) is 11.2 Å². The molecule has 0 radical (unpaired) electrons. The van der Waals surface area contributed by atoms with Crippen LogP contribution < -0.4 is 10.2 Å². The Kier molecular flexibility index (Phi) is 3.45. The second-order valence-corrected chi connectivity index (χ2v) is 3.20. The van der Waals surface area contributed by atoms with Crippen molar-refractivity contribution in [3.05, 3.63) is 27.7 Å². The van der Waals surface area contributed by atoms with Gasteiger partial charge in [0.15, 0.2) is 5.75 Å². The lowest BCUT2D eigenvalue weighted by molar-refractivity contribution is -0.275. The highest BCUT2D eigenvalue weighted by Crippen LogP contribution is 2.19. The van der Waals surface area contributed by atoms with Crippen molar-refractivity contribution in [1.29, 1.82) is 0 Å². The van der Waals surface area contributed by atoms with Crippen LogP contribution in [-0.4, -0.2) is 22.4 Å². The molecular weight excluding hydrogens is 243 g/mol. The Morgan fingerprint density at radius 1 is 1.53 bits per heavy atom. The number of carboxylic acids is 1. The molecule has 0 amide bonds. The quantitative estimate of drug-likeness (QED) is 0.846. The molecule has 0 aromatic carbocycles. The Morgan fingerprint density at radius 2 is 2.12 bits per heavy atom. The topological polar surface area (TPSA) is 79.4 Å². The van der Waals surface area contributed by atoms with Gasteiger partial charge >= 0.3 is 12.3 Å². The van der Waals surface area contributed by atoms with E-state index in [2.05, 4.69) is 9.72 Å². The monoisotopic (exact) mass is 251 g/mol. The van der Waals surface area contributed by atoms with Crippen molar-refractivity contribution in [2.75, 3.05) is 0 Å². The van der Waals surface area contributed by atoms with Crippen molar-refractivity contribution in [3.8, 4) is 5.75 Å². The summed E-state index contributed by atoms with van der Waals surface area (Å²) in [5, 5.41) is 8.50. The fourth-order valence-electron chi connectivity index (χ4n) is 1.18. The molecular formula is C9H8F3NO4. The molecule has 0 bridgehead atoms. The van der Waals surface area contributed by atoms with Gasteiger partial charge in [-0.3, -0.25) is 9.59 Å². The highest BCUT2D eigenvalue weighted by Gasteiger charge is 2.32. The fraction of sp³-hybridized carbons (Fsp3) is 0.333. The largest absolute Gasteiger partial charge is 0.573 e. The second-order valence-electron chi connectivity index (χ2n) is 3.20. The number of rotatable bonds is 3. The van der Waals surface area contributed by atoms with E-state index >= 15 is 0 Å². The molecule has 0 spiro atoms. The zero-order valence-corrected chi connectivity index (χ0v) is 8.59. The summed E-state index contributed by atoms with van der Waals surface area (Å²) in [6.07, 6.45) is -4.75. The highest BCUT2D eigenvalue weighted by molar-refractivity contribution is 5.70. The molecule has 5 nitrogen and oxygen atoms in total. The average Bonchev–Trinajstić information content (AvgIpc) is 2.15. The minimum Gasteiger partial charge on any atom is -0.481 e. The number of nitrogens with one attached hydrogen (secondary N) is 1. The van der Waals surface area contributed by atoms with E-state index in [1.165, 1.54) is 6.92 Å². The summed E-state index contributed by atoms with van der Waals surface area (Å²) in [7, 11) is 0. The van der Waals surface area contributed by atoms with Crippen LogP contribution in [0.2, 0.25) is 0 Å². The molecule has 0 atom stereocenters. The first-order chi connectivity index (χ1) is 7.70. The summed E-state index contributed by atoms with van der Waals surface area (Å²) in [4.78, 5) is 24.1. The number of ether oxygens (including phenoxy) is 1. The number of aliphatic carboxylic acids is 1. The lowest BCUT2D eigenvalue weighted by Crippen LogP contribution is -2.24. The van der Waals surface area contributed by atoms with E-state index in [1.54, 1.807) is 0 Å². The molecule has 0 aliphatic heterocycles. The van der Waals surface area contributed by atoms with Crippen molar-refractivity contribution in [3.63, 3.8) is 0 Å². The molecule has 0 fully saturated rings. The van der Waals surface area contributed by atoms with Gasteiger partial charge in [0.2, 0.25) is 5.43 Å². The third kappa shape index (κ3) is 3.51. The van der Waals surface area contributed by atoms with Gasteiger partial charge in [-0.05, 0) is 6.92 Å². The van der Waals surface area contributed by atoms with Gasteiger partial charge in [-0.15, -0.1) is 13.2 Å². The minimum absolute atomic E-state index is 0.0389. The molecule has 17 heavy (non-hydrogen) atoms. The fourth-order valence-corrected chi connectivity index (χ4v) is 1.18. The minimum atomic E-state index is -4.96. The molecule has 1 heterocycles. The first-order valence-electron chi connectivity index (χ1n) is 4.39. The van der Waals surface area contributed by atoms with Crippen LogP contribution >= 0.6 is 0 Å². The van der Waals surface area contributed by atoms with Gasteiger partial charge in [-0.1, -0.05) is 0 Å². The Bertz CT molecular complexity index is 492. The number of carboxylic acid groups (broad SMARTS) is 1. The normalized spacial score (nSPS) is 11.3. The van der Waals surface area contributed by atoms with Crippen molar-refractivity contribution < 1.29 is 27.8 Å². The Labute approximate surface area is 92.8 Å². The van der Waals surface area contributed by atoms with Gasteiger partial charge in [0.25, 0.3) is 0 Å². The van der Waals surface area contributed by atoms with E-state index in [9.17, 15) is 22.8 Å². The van der Waals surface area contributed by atoms with Crippen LogP contribution in [0.25, 0.3) is 0 Å². The molecule has 8 heteroatoms. The summed E-state index contributed by atoms with van der Waals surface area (Å²) in [5.41, 5.74) is -1.07. The highest BCUT2D eigenvalue weighted by atomic mass is 19.4. The van der Waals surface area contributed by atoms with Crippen molar-refractivity contribution in [2.45, 2.75) is 19.7 Å². The number of H-pyrrole nitrogens is 1. The van der Waals surface area contributed by atoms with E-state index in [-0.39, 0.29) is 11.3 Å². The predicted octanol–water partition coefficient (Wildman–Crippen LogP) is 1.21. The van der Waals surface area contributed by atoms with Gasteiger partial charge in [0, 0.05) is 17.5 Å². The summed E-state index contributed by atoms with van der Waals surface area (Å²) in [5.74, 6) is -2.11. The molecule has 1 aromatic heterocycles. The number of aromatic nitrogens is 1. The van der Waals surface area contributed by atoms with Gasteiger partial charge in [0.05, 0.1) is 6.42 Å². The molecule has 1 rings (SSSR count). The number of alkyl halides is 3. The zero-order valence-electron chi connectivity index (χ0n) is 8.59. The lowest BCUT2D eigenvalue weighted by Gasteiger charge is -2.10. The van der Waals surface area contributed by atoms with E-state index < -0.39 is 29.9 Å². The number of hydrogen-bond acceptors (Lipinski definition) is 3. The van der Waals surface area contributed by atoms with Crippen LogP contribution in [0.3, 0.4) is 0 Å². The third-order valence-corrected chi connectivity index (χ3v) is 1.95. The van der Waals surface area contributed by atoms with E-state index in [1.807, 2.05) is 0 Å². The van der Waals surface area contributed by atoms with E-state index in [4.69, 9.17) is 5.11 Å². The summed E-state index contributed by atoms with van der Waals surface area (Å²) in [6, 6.07) is 0.